The number of benzene rings is 1. The average molecular weight is 264 g/mol. The highest BCUT2D eigenvalue weighted by atomic mass is 16.6. The van der Waals surface area contributed by atoms with E-state index in [1.807, 2.05) is 32.0 Å². The number of likely N-dealkylation sites (N-methyl/N-ethyl adjacent to an activating group) is 1. The maximum atomic E-state index is 11.9. The predicted molar refractivity (Wildman–Crippen MR) is 73.8 cm³/mol. The standard InChI is InChI=1S/C14H20N2O3/c1-3-16(4-2)14(17)10-15-11-5-6-12-13(9-11)19-8-7-18-12/h5-6,9,15H,3-4,7-8,10H2,1-2H3. The second-order valence-corrected chi connectivity index (χ2v) is 4.28. The molecule has 1 aromatic rings. The van der Waals surface area contributed by atoms with Crippen LogP contribution < -0.4 is 14.8 Å². The summed E-state index contributed by atoms with van der Waals surface area (Å²) in [4.78, 5) is 13.7. The molecule has 0 radical (unpaired) electrons. The second-order valence-electron chi connectivity index (χ2n) is 4.28. The van der Waals surface area contributed by atoms with Gasteiger partial charge in [0.05, 0.1) is 6.54 Å². The first kappa shape index (κ1) is 13.5. The van der Waals surface area contributed by atoms with Crippen LogP contribution in [0.2, 0.25) is 0 Å². The first-order chi connectivity index (χ1) is 9.24. The van der Waals surface area contributed by atoms with Gasteiger partial charge in [0, 0.05) is 24.8 Å². The number of nitrogens with one attached hydrogen (secondary N) is 1. The summed E-state index contributed by atoms with van der Waals surface area (Å²) in [5.74, 6) is 1.58. The lowest BCUT2D eigenvalue weighted by Crippen LogP contribution is -2.35. The molecule has 5 heteroatoms. The maximum Gasteiger partial charge on any atom is 0.241 e. The van der Waals surface area contributed by atoms with E-state index in [1.165, 1.54) is 0 Å². The summed E-state index contributed by atoms with van der Waals surface area (Å²) in [5, 5.41) is 3.12. The second kappa shape index (κ2) is 6.31. The van der Waals surface area contributed by atoms with E-state index in [4.69, 9.17) is 9.47 Å². The largest absolute Gasteiger partial charge is 0.486 e. The van der Waals surface area contributed by atoms with Crippen LogP contribution >= 0.6 is 0 Å². The van der Waals surface area contributed by atoms with Crippen molar-refractivity contribution in [1.82, 2.24) is 4.90 Å². The van der Waals surface area contributed by atoms with Gasteiger partial charge in [-0.1, -0.05) is 0 Å². The summed E-state index contributed by atoms with van der Waals surface area (Å²) in [6.07, 6.45) is 0. The molecule has 104 valence electrons. The molecule has 0 saturated heterocycles. The van der Waals surface area contributed by atoms with E-state index in [0.717, 1.165) is 30.3 Å². The number of fused-ring (bicyclic) bond motifs is 1. The van der Waals surface area contributed by atoms with E-state index >= 15 is 0 Å². The molecule has 0 atom stereocenters. The van der Waals surface area contributed by atoms with E-state index < -0.39 is 0 Å². The lowest BCUT2D eigenvalue weighted by atomic mass is 10.2. The Morgan fingerprint density at radius 3 is 2.58 bits per heavy atom. The summed E-state index contributed by atoms with van der Waals surface area (Å²) in [6, 6.07) is 5.62. The van der Waals surface area contributed by atoms with Crippen molar-refractivity contribution in [3.8, 4) is 11.5 Å². The van der Waals surface area contributed by atoms with Crippen LogP contribution in [0.5, 0.6) is 11.5 Å². The number of amides is 1. The lowest BCUT2D eigenvalue weighted by molar-refractivity contribution is -0.128. The first-order valence-electron chi connectivity index (χ1n) is 6.66. The highest BCUT2D eigenvalue weighted by Crippen LogP contribution is 2.32. The van der Waals surface area contributed by atoms with Crippen LogP contribution in [-0.4, -0.2) is 43.7 Å². The van der Waals surface area contributed by atoms with Crippen LogP contribution in [0, 0.1) is 0 Å². The Balaban J connectivity index is 1.94. The Kier molecular flexibility index (Phi) is 4.49. The average Bonchev–Trinajstić information content (AvgIpc) is 2.46. The van der Waals surface area contributed by atoms with E-state index in [-0.39, 0.29) is 5.91 Å². The molecule has 0 aliphatic carbocycles. The fourth-order valence-corrected chi connectivity index (χ4v) is 2.02. The quantitative estimate of drug-likeness (QED) is 0.880. The molecule has 0 aromatic heterocycles. The van der Waals surface area contributed by atoms with Gasteiger partial charge in [-0.3, -0.25) is 4.79 Å². The number of nitrogens with zero attached hydrogens (tertiary/aromatic N) is 1. The zero-order chi connectivity index (χ0) is 13.7. The number of rotatable bonds is 5. The number of hydrogen-bond donors (Lipinski definition) is 1. The molecule has 19 heavy (non-hydrogen) atoms. The van der Waals surface area contributed by atoms with Gasteiger partial charge in [-0.15, -0.1) is 0 Å². The van der Waals surface area contributed by atoms with Gasteiger partial charge in [0.1, 0.15) is 13.2 Å². The van der Waals surface area contributed by atoms with Gasteiger partial charge in [-0.2, -0.15) is 0 Å². The molecule has 0 saturated carbocycles. The maximum absolute atomic E-state index is 11.9. The van der Waals surface area contributed by atoms with Crippen molar-refractivity contribution < 1.29 is 14.3 Å². The summed E-state index contributed by atoms with van der Waals surface area (Å²) < 4.78 is 10.9. The van der Waals surface area contributed by atoms with Crippen molar-refractivity contribution in [2.45, 2.75) is 13.8 Å². The van der Waals surface area contributed by atoms with Gasteiger partial charge < -0.3 is 19.7 Å². The molecular weight excluding hydrogens is 244 g/mol. The van der Waals surface area contributed by atoms with Gasteiger partial charge in [-0.25, -0.2) is 0 Å². The molecule has 1 N–H and O–H groups in total. The molecule has 1 aliphatic heterocycles. The molecule has 0 unspecified atom stereocenters. The van der Waals surface area contributed by atoms with Crippen LogP contribution in [0.4, 0.5) is 5.69 Å². The highest BCUT2D eigenvalue weighted by Gasteiger charge is 2.13. The summed E-state index contributed by atoms with van der Waals surface area (Å²) >= 11 is 0. The molecule has 0 fully saturated rings. The Hall–Kier alpha value is -1.91. The Labute approximate surface area is 113 Å². The fourth-order valence-electron chi connectivity index (χ4n) is 2.02. The van der Waals surface area contributed by atoms with E-state index in [2.05, 4.69) is 5.32 Å². The van der Waals surface area contributed by atoms with Gasteiger partial charge in [0.2, 0.25) is 5.91 Å². The minimum atomic E-state index is 0.0971. The molecule has 2 rings (SSSR count). The van der Waals surface area contributed by atoms with Gasteiger partial charge in [-0.05, 0) is 26.0 Å². The van der Waals surface area contributed by atoms with Crippen LogP contribution in [0.25, 0.3) is 0 Å². The third-order valence-electron chi connectivity index (χ3n) is 3.10. The molecule has 1 amide bonds. The molecule has 0 spiro atoms. The number of ether oxygens (including phenoxy) is 2. The Morgan fingerprint density at radius 2 is 1.89 bits per heavy atom. The fraction of sp³-hybridized carbons (Fsp3) is 0.500. The third-order valence-corrected chi connectivity index (χ3v) is 3.10. The SMILES string of the molecule is CCN(CC)C(=O)CNc1ccc2c(c1)OCCO2. The van der Waals surface area contributed by atoms with Crippen molar-refractivity contribution in [3.63, 3.8) is 0 Å². The van der Waals surface area contributed by atoms with Crippen LogP contribution in [0.1, 0.15) is 13.8 Å². The Morgan fingerprint density at radius 1 is 1.21 bits per heavy atom. The normalized spacial score (nSPS) is 12.9. The van der Waals surface area contributed by atoms with Gasteiger partial charge >= 0.3 is 0 Å². The minimum absolute atomic E-state index is 0.0971. The van der Waals surface area contributed by atoms with Crippen LogP contribution in [-0.2, 0) is 4.79 Å². The van der Waals surface area contributed by atoms with Crippen molar-refractivity contribution in [3.05, 3.63) is 18.2 Å². The molecule has 1 aliphatic rings. The molecule has 5 nitrogen and oxygen atoms in total. The molecule has 0 bridgehead atoms. The number of carbonyl (C=O) groups is 1. The van der Waals surface area contributed by atoms with Gasteiger partial charge in [0.15, 0.2) is 11.5 Å². The minimum Gasteiger partial charge on any atom is -0.486 e. The first-order valence-corrected chi connectivity index (χ1v) is 6.66. The number of hydrogen-bond acceptors (Lipinski definition) is 4. The highest BCUT2D eigenvalue weighted by molar-refractivity contribution is 5.81. The topological polar surface area (TPSA) is 50.8 Å². The lowest BCUT2D eigenvalue weighted by Gasteiger charge is -2.21. The summed E-state index contributed by atoms with van der Waals surface area (Å²) in [6.45, 7) is 6.86. The van der Waals surface area contributed by atoms with Crippen LogP contribution in [0.15, 0.2) is 18.2 Å². The molecule has 1 heterocycles. The van der Waals surface area contributed by atoms with Crippen molar-refractivity contribution >= 4 is 11.6 Å². The van der Waals surface area contributed by atoms with Crippen molar-refractivity contribution in [2.75, 3.05) is 38.2 Å². The summed E-state index contributed by atoms with van der Waals surface area (Å²) in [5.41, 5.74) is 0.866. The predicted octanol–water partition coefficient (Wildman–Crippen LogP) is 1.74. The third kappa shape index (κ3) is 3.30. The van der Waals surface area contributed by atoms with E-state index in [0.29, 0.717) is 19.8 Å². The van der Waals surface area contributed by atoms with E-state index in [9.17, 15) is 4.79 Å². The Bertz CT molecular complexity index is 444. The monoisotopic (exact) mass is 264 g/mol. The van der Waals surface area contributed by atoms with Crippen molar-refractivity contribution in [2.24, 2.45) is 0 Å². The zero-order valence-corrected chi connectivity index (χ0v) is 11.4. The zero-order valence-electron chi connectivity index (χ0n) is 11.4. The van der Waals surface area contributed by atoms with Crippen molar-refractivity contribution in [1.29, 1.82) is 0 Å². The number of anilines is 1. The number of carbonyl (C=O) groups excluding carboxylic acids is 1. The van der Waals surface area contributed by atoms with Gasteiger partial charge in [0.25, 0.3) is 0 Å². The van der Waals surface area contributed by atoms with Crippen LogP contribution in [0.3, 0.4) is 0 Å². The van der Waals surface area contributed by atoms with E-state index in [1.54, 1.807) is 4.90 Å². The summed E-state index contributed by atoms with van der Waals surface area (Å²) in [7, 11) is 0. The smallest absolute Gasteiger partial charge is 0.241 e. The molecular formula is C14H20N2O3. The molecule has 1 aromatic carbocycles.